The summed E-state index contributed by atoms with van der Waals surface area (Å²) in [5.41, 5.74) is -4.00. The average molecular weight is 376 g/mol. The lowest BCUT2D eigenvalue weighted by Gasteiger charge is -2.47. The van der Waals surface area contributed by atoms with Gasteiger partial charge in [-0.05, 0) is 31.6 Å². The number of carbonyl (C=O) groups excluding carboxylic acids is 4. The fourth-order valence-electron chi connectivity index (χ4n) is 7.70. The van der Waals surface area contributed by atoms with E-state index in [0.717, 1.165) is 0 Å². The smallest absolute Gasteiger partial charge is 0.320 e. The molecule has 0 unspecified atom stereocenters. The number of hydrogen-bond acceptors (Lipinski definition) is 7. The predicted molar refractivity (Wildman–Crippen MR) is 89.1 cm³/mol. The Hall–Kier alpha value is -1.76. The zero-order valence-electron chi connectivity index (χ0n) is 15.7. The normalized spacial score (nSPS) is 55.2. The number of ether oxygens (including phenoxy) is 2. The van der Waals surface area contributed by atoms with Crippen LogP contribution in [0, 0.1) is 34.0 Å². The molecular formula is C20H24O7. The van der Waals surface area contributed by atoms with Crippen molar-refractivity contribution in [2.45, 2.75) is 57.7 Å². The summed E-state index contributed by atoms with van der Waals surface area (Å²) in [7, 11) is 1.28. The number of aliphatic hydroxyl groups excluding tert-OH is 1. The van der Waals surface area contributed by atoms with E-state index >= 15 is 0 Å². The van der Waals surface area contributed by atoms with Crippen LogP contribution in [0.2, 0.25) is 0 Å². The van der Waals surface area contributed by atoms with E-state index in [2.05, 4.69) is 0 Å². The molecule has 7 nitrogen and oxygen atoms in total. The quantitative estimate of drug-likeness (QED) is 0.533. The van der Waals surface area contributed by atoms with Crippen LogP contribution in [0.3, 0.4) is 0 Å². The second-order valence-electron chi connectivity index (χ2n) is 9.73. The van der Waals surface area contributed by atoms with Crippen molar-refractivity contribution in [3.05, 3.63) is 0 Å². The van der Waals surface area contributed by atoms with Crippen LogP contribution in [0.1, 0.15) is 46.0 Å². The number of hydrogen-bond donors (Lipinski definition) is 1. The Bertz CT molecular complexity index is 819. The van der Waals surface area contributed by atoms with E-state index in [1.807, 2.05) is 6.92 Å². The summed E-state index contributed by atoms with van der Waals surface area (Å²) < 4.78 is 11.0. The lowest BCUT2D eigenvalue weighted by molar-refractivity contribution is -0.176. The van der Waals surface area contributed by atoms with Gasteiger partial charge in [-0.1, -0.05) is 6.92 Å². The largest absolute Gasteiger partial charge is 0.469 e. The molecule has 1 aliphatic heterocycles. The first-order valence-electron chi connectivity index (χ1n) is 9.64. The summed E-state index contributed by atoms with van der Waals surface area (Å²) in [6, 6.07) is 0. The minimum absolute atomic E-state index is 0.113. The predicted octanol–water partition coefficient (Wildman–Crippen LogP) is 0.807. The van der Waals surface area contributed by atoms with Gasteiger partial charge in [0, 0.05) is 30.1 Å². The maximum absolute atomic E-state index is 13.0. The van der Waals surface area contributed by atoms with Gasteiger partial charge in [0.15, 0.2) is 5.78 Å². The molecule has 1 heterocycles. The van der Waals surface area contributed by atoms with Gasteiger partial charge in [0.2, 0.25) is 0 Å². The molecule has 5 rings (SSSR count). The van der Waals surface area contributed by atoms with Crippen LogP contribution in [0.25, 0.3) is 0 Å². The van der Waals surface area contributed by atoms with Crippen molar-refractivity contribution in [1.82, 2.24) is 0 Å². The van der Waals surface area contributed by atoms with Gasteiger partial charge >= 0.3 is 11.9 Å². The van der Waals surface area contributed by atoms with Crippen molar-refractivity contribution < 1.29 is 33.8 Å². The number of Topliss-reactive ketones (excluding diaryl/α,β-unsaturated/α-hetero) is 2. The van der Waals surface area contributed by atoms with Gasteiger partial charge in [-0.15, -0.1) is 0 Å². The molecule has 0 aromatic heterocycles. The van der Waals surface area contributed by atoms with E-state index in [1.165, 1.54) is 14.0 Å². The minimum atomic E-state index is -1.48. The van der Waals surface area contributed by atoms with Gasteiger partial charge in [-0.3, -0.25) is 19.2 Å². The Kier molecular flexibility index (Phi) is 2.97. The molecule has 4 bridgehead atoms. The Balaban J connectivity index is 1.80. The number of fused-ring (bicyclic) bond motifs is 1. The highest BCUT2D eigenvalue weighted by Crippen LogP contribution is 2.78. The van der Waals surface area contributed by atoms with Crippen LogP contribution in [-0.4, -0.2) is 47.4 Å². The first-order valence-corrected chi connectivity index (χ1v) is 9.64. The molecule has 4 aliphatic carbocycles. The van der Waals surface area contributed by atoms with Crippen molar-refractivity contribution in [3.8, 4) is 0 Å². The monoisotopic (exact) mass is 376 g/mol. The summed E-state index contributed by atoms with van der Waals surface area (Å²) in [6.07, 6.45) is 0.614. The van der Waals surface area contributed by atoms with Gasteiger partial charge in [0.25, 0.3) is 0 Å². The Morgan fingerprint density at radius 1 is 1.22 bits per heavy atom. The second-order valence-corrected chi connectivity index (χ2v) is 9.73. The molecule has 0 amide bonds. The van der Waals surface area contributed by atoms with Crippen molar-refractivity contribution >= 4 is 23.5 Å². The van der Waals surface area contributed by atoms with Crippen molar-refractivity contribution in [2.24, 2.45) is 34.0 Å². The maximum Gasteiger partial charge on any atom is 0.320 e. The molecule has 27 heavy (non-hydrogen) atoms. The molecule has 1 saturated heterocycles. The molecule has 0 aromatic rings. The molecule has 1 spiro atoms. The third kappa shape index (κ3) is 1.54. The topological polar surface area (TPSA) is 107 Å². The lowest BCUT2D eigenvalue weighted by atomic mass is 9.58. The molecule has 8 atom stereocenters. The Labute approximate surface area is 156 Å². The van der Waals surface area contributed by atoms with Gasteiger partial charge in [-0.25, -0.2) is 0 Å². The second kappa shape index (κ2) is 4.62. The van der Waals surface area contributed by atoms with E-state index < -0.39 is 57.5 Å². The van der Waals surface area contributed by atoms with Crippen LogP contribution in [0.5, 0.6) is 0 Å². The zero-order chi connectivity index (χ0) is 19.6. The van der Waals surface area contributed by atoms with Crippen molar-refractivity contribution in [1.29, 1.82) is 0 Å². The first-order chi connectivity index (χ1) is 12.6. The molecular weight excluding hydrogens is 352 g/mol. The third-order valence-electron chi connectivity index (χ3n) is 8.79. The van der Waals surface area contributed by atoms with E-state index in [9.17, 15) is 24.3 Å². The van der Waals surface area contributed by atoms with Crippen LogP contribution in [0.4, 0.5) is 0 Å². The number of esters is 2. The molecule has 5 fully saturated rings. The third-order valence-corrected chi connectivity index (χ3v) is 8.79. The highest BCUT2D eigenvalue weighted by molar-refractivity contribution is 6.08. The molecule has 4 saturated carbocycles. The van der Waals surface area contributed by atoms with Gasteiger partial charge in [0.1, 0.15) is 22.9 Å². The minimum Gasteiger partial charge on any atom is -0.469 e. The standard InChI is InChI=1S/C20H24O7/c1-17-5-4-9-19(8-17,7-12(17)23)13(15(24)26-3)14-18(2)10(21)6-11(22)20(9,14)27-16(18)25/h9,11,13-14,22H,4-8H2,1-3H3/t9-,11+,13-,14-,17+,18-,19-,20+/m1/s1. The first kappa shape index (κ1) is 17.3. The van der Waals surface area contributed by atoms with Gasteiger partial charge in [0.05, 0.1) is 13.0 Å². The maximum atomic E-state index is 13.0. The molecule has 0 radical (unpaired) electrons. The number of rotatable bonds is 1. The molecule has 5 aliphatic rings. The summed E-state index contributed by atoms with van der Waals surface area (Å²) in [6.45, 7) is 3.47. The van der Waals surface area contributed by atoms with Crippen LogP contribution in [-0.2, 0) is 28.7 Å². The number of ketones is 2. The van der Waals surface area contributed by atoms with E-state index in [1.54, 1.807) is 0 Å². The molecule has 146 valence electrons. The fraction of sp³-hybridized carbons (Fsp3) is 0.800. The summed E-state index contributed by atoms with van der Waals surface area (Å²) in [4.78, 5) is 51.6. The van der Waals surface area contributed by atoms with Gasteiger partial charge < -0.3 is 14.6 Å². The van der Waals surface area contributed by atoms with Crippen molar-refractivity contribution in [3.63, 3.8) is 0 Å². The Morgan fingerprint density at radius 3 is 2.59 bits per heavy atom. The SMILES string of the molecule is COC(=O)[C@H]1[C@@H]2[C@@]3(C)C(=O)C[C@H](O)[C@@]2(OC3=O)[C@@H]2CC[C@@]3(C)C[C@]21CC3=O. The number of aliphatic hydroxyl groups is 1. The van der Waals surface area contributed by atoms with Crippen LogP contribution >= 0.6 is 0 Å². The molecule has 0 aromatic carbocycles. The molecule has 7 heteroatoms. The van der Waals surface area contributed by atoms with E-state index in [-0.39, 0.29) is 24.5 Å². The lowest BCUT2D eigenvalue weighted by Crippen LogP contribution is -2.59. The summed E-state index contributed by atoms with van der Waals surface area (Å²) in [5, 5.41) is 11.0. The fourth-order valence-corrected chi connectivity index (χ4v) is 7.70. The van der Waals surface area contributed by atoms with Crippen molar-refractivity contribution in [2.75, 3.05) is 7.11 Å². The Morgan fingerprint density at radius 2 is 1.93 bits per heavy atom. The molecule has 1 N–H and O–H groups in total. The number of methoxy groups -OCH3 is 1. The summed E-state index contributed by atoms with van der Waals surface area (Å²) >= 11 is 0. The van der Waals surface area contributed by atoms with E-state index in [4.69, 9.17) is 9.47 Å². The average Bonchev–Trinajstić information content (AvgIpc) is 3.05. The summed E-state index contributed by atoms with van der Waals surface area (Å²) in [5.74, 6) is -3.38. The van der Waals surface area contributed by atoms with Crippen LogP contribution < -0.4 is 0 Å². The van der Waals surface area contributed by atoms with E-state index in [0.29, 0.717) is 19.3 Å². The van der Waals surface area contributed by atoms with Gasteiger partial charge in [-0.2, -0.15) is 0 Å². The highest BCUT2D eigenvalue weighted by atomic mass is 16.6. The number of carbonyl (C=O) groups is 4. The zero-order valence-corrected chi connectivity index (χ0v) is 15.7. The van der Waals surface area contributed by atoms with Crippen LogP contribution in [0.15, 0.2) is 0 Å². The highest BCUT2D eigenvalue weighted by Gasteiger charge is 2.87.